The molecule has 5 heteroatoms. The van der Waals surface area contributed by atoms with Gasteiger partial charge in [0, 0.05) is 23.4 Å². The summed E-state index contributed by atoms with van der Waals surface area (Å²) in [5.74, 6) is 5.59. The Bertz CT molecular complexity index is 685. The van der Waals surface area contributed by atoms with Gasteiger partial charge in [0.05, 0.1) is 17.0 Å². The molecule has 0 bridgehead atoms. The van der Waals surface area contributed by atoms with Crippen molar-refractivity contribution in [3.63, 3.8) is 0 Å². The fraction of sp³-hybridized carbons (Fsp3) is 0.188. The summed E-state index contributed by atoms with van der Waals surface area (Å²) in [5, 5.41) is 13.9. The highest BCUT2D eigenvalue weighted by Crippen LogP contribution is 2.16. The summed E-state index contributed by atoms with van der Waals surface area (Å²) >= 11 is 7.45. The molecule has 108 valence electrons. The molecule has 0 saturated carbocycles. The number of benzene rings is 1. The summed E-state index contributed by atoms with van der Waals surface area (Å²) in [5.41, 5.74) is 1.46. The van der Waals surface area contributed by atoms with E-state index in [9.17, 15) is 4.79 Å². The van der Waals surface area contributed by atoms with Crippen molar-refractivity contribution in [2.24, 2.45) is 0 Å². The zero-order chi connectivity index (χ0) is 15.1. The van der Waals surface area contributed by atoms with Crippen LogP contribution in [0.1, 0.15) is 27.2 Å². The number of thiophene rings is 1. The van der Waals surface area contributed by atoms with Crippen LogP contribution in [-0.4, -0.2) is 17.6 Å². The topological polar surface area (TPSA) is 49.3 Å². The number of hydrogen-bond donors (Lipinski definition) is 2. The van der Waals surface area contributed by atoms with Gasteiger partial charge in [-0.15, -0.1) is 11.3 Å². The van der Waals surface area contributed by atoms with Gasteiger partial charge < -0.3 is 10.4 Å². The van der Waals surface area contributed by atoms with Gasteiger partial charge >= 0.3 is 0 Å². The zero-order valence-corrected chi connectivity index (χ0v) is 12.8. The average Bonchev–Trinajstić information content (AvgIpc) is 2.95. The molecule has 2 N–H and O–H groups in total. The van der Waals surface area contributed by atoms with Crippen LogP contribution >= 0.6 is 22.9 Å². The van der Waals surface area contributed by atoms with Crippen LogP contribution in [0.4, 0.5) is 0 Å². The highest BCUT2D eigenvalue weighted by Gasteiger charge is 2.08. The number of amides is 1. The Hall–Kier alpha value is -1.80. The summed E-state index contributed by atoms with van der Waals surface area (Å²) in [6.07, 6.45) is 0.436. The van der Waals surface area contributed by atoms with E-state index in [1.807, 2.05) is 18.2 Å². The van der Waals surface area contributed by atoms with Gasteiger partial charge in [-0.25, -0.2) is 0 Å². The smallest absolute Gasteiger partial charge is 0.252 e. The standard InChI is InChI=1S/C16H14ClNO2S/c17-15-7-2-1-5-12(15)10-18-16(20)13-9-14(21-11-13)6-3-4-8-19/h1-2,5,7,9,11,19H,4,8,10H2,(H,18,20). The monoisotopic (exact) mass is 319 g/mol. The molecule has 0 spiro atoms. The van der Waals surface area contributed by atoms with Gasteiger partial charge in [-0.05, 0) is 17.7 Å². The molecule has 0 radical (unpaired) electrons. The predicted molar refractivity (Wildman–Crippen MR) is 85.5 cm³/mol. The van der Waals surface area contributed by atoms with E-state index in [1.54, 1.807) is 17.5 Å². The predicted octanol–water partition coefficient (Wildman–Crippen LogP) is 3.07. The molecule has 1 aromatic carbocycles. The van der Waals surface area contributed by atoms with Gasteiger partial charge in [-0.2, -0.15) is 0 Å². The minimum atomic E-state index is -0.152. The van der Waals surface area contributed by atoms with E-state index in [-0.39, 0.29) is 12.5 Å². The van der Waals surface area contributed by atoms with Crippen LogP contribution in [-0.2, 0) is 6.54 Å². The summed E-state index contributed by atoms with van der Waals surface area (Å²) in [6, 6.07) is 9.15. The molecule has 1 heterocycles. The van der Waals surface area contributed by atoms with Crippen molar-refractivity contribution in [3.05, 3.63) is 56.7 Å². The van der Waals surface area contributed by atoms with Crippen LogP contribution in [0, 0.1) is 11.8 Å². The fourth-order valence-electron chi connectivity index (χ4n) is 1.65. The number of carbonyl (C=O) groups excluding carboxylic acids is 1. The van der Waals surface area contributed by atoms with E-state index in [0.717, 1.165) is 10.4 Å². The van der Waals surface area contributed by atoms with Gasteiger partial charge in [0.1, 0.15) is 0 Å². The maximum absolute atomic E-state index is 12.0. The number of carbonyl (C=O) groups is 1. The molecule has 21 heavy (non-hydrogen) atoms. The maximum atomic E-state index is 12.0. The van der Waals surface area contributed by atoms with E-state index in [4.69, 9.17) is 16.7 Å². The van der Waals surface area contributed by atoms with Crippen molar-refractivity contribution in [3.8, 4) is 11.8 Å². The van der Waals surface area contributed by atoms with Crippen LogP contribution in [0.15, 0.2) is 35.7 Å². The third-order valence-electron chi connectivity index (χ3n) is 2.71. The first kappa shape index (κ1) is 15.6. The van der Waals surface area contributed by atoms with E-state index in [1.165, 1.54) is 11.3 Å². The number of halogens is 1. The van der Waals surface area contributed by atoms with Crippen LogP contribution in [0.2, 0.25) is 5.02 Å². The molecule has 0 fully saturated rings. The second-order valence-corrected chi connectivity index (χ2v) is 5.57. The number of aliphatic hydroxyl groups excluding tert-OH is 1. The normalized spacial score (nSPS) is 9.81. The van der Waals surface area contributed by atoms with E-state index >= 15 is 0 Å². The second kappa shape index (κ2) is 7.84. The van der Waals surface area contributed by atoms with Crippen LogP contribution < -0.4 is 5.32 Å². The second-order valence-electron chi connectivity index (χ2n) is 4.25. The lowest BCUT2D eigenvalue weighted by molar-refractivity contribution is 0.0951. The van der Waals surface area contributed by atoms with Gasteiger partial charge in [0.2, 0.25) is 0 Å². The van der Waals surface area contributed by atoms with Gasteiger partial charge in [-0.1, -0.05) is 41.6 Å². The highest BCUT2D eigenvalue weighted by atomic mass is 35.5. The molecule has 0 atom stereocenters. The number of rotatable bonds is 4. The Morgan fingerprint density at radius 2 is 2.19 bits per heavy atom. The molecule has 1 amide bonds. The van der Waals surface area contributed by atoms with E-state index < -0.39 is 0 Å². The SMILES string of the molecule is O=C(NCc1ccccc1Cl)c1csc(C#CCCO)c1. The van der Waals surface area contributed by atoms with Crippen molar-refractivity contribution in [2.45, 2.75) is 13.0 Å². The maximum Gasteiger partial charge on any atom is 0.252 e. The molecule has 3 nitrogen and oxygen atoms in total. The molecular formula is C16H14ClNO2S. The van der Waals surface area contributed by atoms with Gasteiger partial charge in [0.15, 0.2) is 0 Å². The molecule has 1 aromatic heterocycles. The van der Waals surface area contributed by atoms with E-state index in [0.29, 0.717) is 23.6 Å². The van der Waals surface area contributed by atoms with Crippen LogP contribution in [0.25, 0.3) is 0 Å². The third kappa shape index (κ3) is 4.61. The largest absolute Gasteiger partial charge is 0.395 e. The van der Waals surface area contributed by atoms with Crippen LogP contribution in [0.3, 0.4) is 0 Å². The summed E-state index contributed by atoms with van der Waals surface area (Å²) in [4.78, 5) is 12.8. The fourth-order valence-corrected chi connectivity index (χ4v) is 2.60. The summed E-state index contributed by atoms with van der Waals surface area (Å²) in [6.45, 7) is 0.434. The van der Waals surface area contributed by atoms with Crippen LogP contribution in [0.5, 0.6) is 0 Å². The Balaban J connectivity index is 1.95. The molecule has 2 aromatic rings. The van der Waals surface area contributed by atoms with Crippen molar-refractivity contribution in [1.82, 2.24) is 5.32 Å². The van der Waals surface area contributed by atoms with E-state index in [2.05, 4.69) is 17.2 Å². The lowest BCUT2D eigenvalue weighted by atomic mass is 10.2. The number of hydrogen-bond acceptors (Lipinski definition) is 3. The Labute approximate surface area is 132 Å². The van der Waals surface area contributed by atoms with Crippen molar-refractivity contribution < 1.29 is 9.90 Å². The summed E-state index contributed by atoms with van der Waals surface area (Å²) < 4.78 is 0. The van der Waals surface area contributed by atoms with Gasteiger partial charge in [0.25, 0.3) is 5.91 Å². The lowest BCUT2D eigenvalue weighted by Gasteiger charge is -2.05. The highest BCUT2D eigenvalue weighted by molar-refractivity contribution is 7.10. The average molecular weight is 320 g/mol. The Kier molecular flexibility index (Phi) is 5.82. The minimum absolute atomic E-state index is 0.0452. The molecule has 0 saturated heterocycles. The Morgan fingerprint density at radius 1 is 1.38 bits per heavy atom. The Morgan fingerprint density at radius 3 is 2.95 bits per heavy atom. The summed E-state index contributed by atoms with van der Waals surface area (Å²) in [7, 11) is 0. The molecule has 0 aliphatic rings. The number of nitrogens with one attached hydrogen (secondary N) is 1. The zero-order valence-electron chi connectivity index (χ0n) is 11.2. The lowest BCUT2D eigenvalue weighted by Crippen LogP contribution is -2.22. The first-order valence-corrected chi connectivity index (χ1v) is 7.66. The first-order chi connectivity index (χ1) is 10.2. The quantitative estimate of drug-likeness (QED) is 0.851. The first-order valence-electron chi connectivity index (χ1n) is 6.40. The van der Waals surface area contributed by atoms with Crippen molar-refractivity contribution >= 4 is 28.8 Å². The van der Waals surface area contributed by atoms with Gasteiger partial charge in [-0.3, -0.25) is 4.79 Å². The van der Waals surface area contributed by atoms with Crippen molar-refractivity contribution in [1.29, 1.82) is 0 Å². The number of aliphatic hydroxyl groups is 1. The molecule has 0 unspecified atom stereocenters. The molecule has 2 rings (SSSR count). The third-order valence-corrected chi connectivity index (χ3v) is 3.92. The molecular weight excluding hydrogens is 306 g/mol. The molecule has 0 aliphatic carbocycles. The minimum Gasteiger partial charge on any atom is -0.395 e. The molecule has 0 aliphatic heterocycles. The van der Waals surface area contributed by atoms with Crippen molar-refractivity contribution in [2.75, 3.05) is 6.61 Å².